The van der Waals surface area contributed by atoms with Gasteiger partial charge in [-0.05, 0) is 48.5 Å². The third kappa shape index (κ3) is 5.37. The fourth-order valence-electron chi connectivity index (χ4n) is 3.60. The summed E-state index contributed by atoms with van der Waals surface area (Å²) in [5.74, 6) is 0.853. The average Bonchev–Trinajstić information content (AvgIpc) is 2.87. The van der Waals surface area contributed by atoms with Crippen LogP contribution in [0.25, 0.3) is 11.4 Å². The Balaban J connectivity index is 1.54. The first-order chi connectivity index (χ1) is 16.9. The van der Waals surface area contributed by atoms with E-state index in [2.05, 4.69) is 15.3 Å². The lowest BCUT2D eigenvalue weighted by Gasteiger charge is -2.36. The van der Waals surface area contributed by atoms with Gasteiger partial charge in [-0.3, -0.25) is 4.79 Å². The smallest absolute Gasteiger partial charge is 0.262 e. The SMILES string of the molecule is N#Cc1ccc(Nc2nc(-c3ccc(OC4CC(O)C(O)C(CO)O4)cc3)[nH]c(=O)c2C=N)cc1. The highest BCUT2D eigenvalue weighted by Crippen LogP contribution is 2.26. The predicted molar refractivity (Wildman–Crippen MR) is 126 cm³/mol. The van der Waals surface area contributed by atoms with E-state index in [4.69, 9.17) is 20.1 Å². The van der Waals surface area contributed by atoms with Crippen molar-refractivity contribution in [3.05, 3.63) is 70.0 Å². The number of anilines is 2. The summed E-state index contributed by atoms with van der Waals surface area (Å²) in [5.41, 5.74) is 1.20. The zero-order chi connectivity index (χ0) is 24.9. The first kappa shape index (κ1) is 24.1. The van der Waals surface area contributed by atoms with Crippen molar-refractivity contribution in [2.24, 2.45) is 0 Å². The van der Waals surface area contributed by atoms with Crippen LogP contribution in [0.1, 0.15) is 17.5 Å². The predicted octanol–water partition coefficient (Wildman–Crippen LogP) is 1.26. The first-order valence-electron chi connectivity index (χ1n) is 10.7. The summed E-state index contributed by atoms with van der Waals surface area (Å²) < 4.78 is 11.2. The minimum Gasteiger partial charge on any atom is -0.465 e. The van der Waals surface area contributed by atoms with Gasteiger partial charge in [0.2, 0.25) is 6.29 Å². The Bertz CT molecular complexity index is 1290. The second-order valence-electron chi connectivity index (χ2n) is 7.86. The quantitative estimate of drug-likeness (QED) is 0.273. The molecule has 11 nitrogen and oxygen atoms in total. The molecule has 11 heteroatoms. The zero-order valence-corrected chi connectivity index (χ0v) is 18.4. The minimum atomic E-state index is -1.19. The molecule has 180 valence electrons. The lowest BCUT2D eigenvalue weighted by molar-refractivity contribution is -0.229. The Hall–Kier alpha value is -4.08. The van der Waals surface area contributed by atoms with Crippen molar-refractivity contribution in [2.75, 3.05) is 11.9 Å². The summed E-state index contributed by atoms with van der Waals surface area (Å²) in [6.07, 6.45) is -3.15. The van der Waals surface area contributed by atoms with Crippen LogP contribution in [-0.4, -0.2) is 62.7 Å². The van der Waals surface area contributed by atoms with Crippen LogP contribution in [0.3, 0.4) is 0 Å². The second kappa shape index (κ2) is 10.5. The Kier molecular flexibility index (Phi) is 7.19. The van der Waals surface area contributed by atoms with Crippen LogP contribution in [0.4, 0.5) is 11.5 Å². The summed E-state index contributed by atoms with van der Waals surface area (Å²) >= 11 is 0. The van der Waals surface area contributed by atoms with E-state index >= 15 is 0 Å². The van der Waals surface area contributed by atoms with Gasteiger partial charge in [-0.15, -0.1) is 0 Å². The molecule has 1 aliphatic heterocycles. The number of hydrogen-bond donors (Lipinski definition) is 6. The molecule has 0 spiro atoms. The zero-order valence-electron chi connectivity index (χ0n) is 18.4. The number of aliphatic hydroxyl groups excluding tert-OH is 3. The topological polar surface area (TPSA) is 185 Å². The Morgan fingerprint density at radius 1 is 1.23 bits per heavy atom. The van der Waals surface area contributed by atoms with Crippen LogP contribution < -0.4 is 15.6 Å². The van der Waals surface area contributed by atoms with Crippen molar-refractivity contribution in [3.8, 4) is 23.2 Å². The number of H-pyrrole nitrogens is 1. The fourth-order valence-corrected chi connectivity index (χ4v) is 3.60. The molecule has 4 atom stereocenters. The molecule has 1 saturated heterocycles. The lowest BCUT2D eigenvalue weighted by Crippen LogP contribution is -2.51. The third-order valence-electron chi connectivity index (χ3n) is 5.49. The van der Waals surface area contributed by atoms with Gasteiger partial charge in [0.25, 0.3) is 5.56 Å². The van der Waals surface area contributed by atoms with E-state index in [0.717, 1.165) is 6.21 Å². The van der Waals surface area contributed by atoms with Crippen LogP contribution in [-0.2, 0) is 4.74 Å². The van der Waals surface area contributed by atoms with E-state index in [1.807, 2.05) is 6.07 Å². The highest BCUT2D eigenvalue weighted by atomic mass is 16.7. The monoisotopic (exact) mass is 477 g/mol. The van der Waals surface area contributed by atoms with Gasteiger partial charge < -0.3 is 40.5 Å². The standard InChI is InChI=1S/C24H23N5O6/c25-10-13-1-5-15(6-2-13)27-23-17(11-26)24(33)29-22(28-23)14-3-7-16(8-4-14)34-20-9-18(31)21(32)19(12-30)35-20/h1-8,11,18-21,26,30-32H,9,12H2,(H2,27,28,29,33). The maximum Gasteiger partial charge on any atom is 0.262 e. The van der Waals surface area contributed by atoms with Gasteiger partial charge in [-0.2, -0.15) is 5.26 Å². The molecule has 0 saturated carbocycles. The van der Waals surface area contributed by atoms with Gasteiger partial charge in [-0.1, -0.05) is 0 Å². The molecular weight excluding hydrogens is 454 g/mol. The number of aromatic nitrogens is 2. The van der Waals surface area contributed by atoms with Crippen LogP contribution in [0.15, 0.2) is 53.3 Å². The van der Waals surface area contributed by atoms with Crippen molar-refractivity contribution in [3.63, 3.8) is 0 Å². The Labute approximate surface area is 199 Å². The third-order valence-corrected chi connectivity index (χ3v) is 5.49. The molecule has 0 bridgehead atoms. The van der Waals surface area contributed by atoms with Crippen molar-refractivity contribution >= 4 is 17.7 Å². The Morgan fingerprint density at radius 2 is 1.94 bits per heavy atom. The molecule has 35 heavy (non-hydrogen) atoms. The molecular formula is C24H23N5O6. The van der Waals surface area contributed by atoms with Gasteiger partial charge >= 0.3 is 0 Å². The summed E-state index contributed by atoms with van der Waals surface area (Å²) in [7, 11) is 0. The molecule has 1 fully saturated rings. The van der Waals surface area contributed by atoms with Crippen LogP contribution >= 0.6 is 0 Å². The molecule has 0 amide bonds. The number of nitrogens with one attached hydrogen (secondary N) is 3. The molecule has 6 N–H and O–H groups in total. The van der Waals surface area contributed by atoms with E-state index in [9.17, 15) is 20.1 Å². The molecule has 3 aromatic rings. The Morgan fingerprint density at radius 3 is 2.57 bits per heavy atom. The lowest BCUT2D eigenvalue weighted by atomic mass is 10.0. The van der Waals surface area contributed by atoms with Crippen LogP contribution in [0.2, 0.25) is 0 Å². The van der Waals surface area contributed by atoms with Gasteiger partial charge in [0.05, 0.1) is 24.3 Å². The second-order valence-corrected chi connectivity index (χ2v) is 7.86. The molecule has 0 aliphatic carbocycles. The number of nitrogens with zero attached hydrogens (tertiary/aromatic N) is 2. The van der Waals surface area contributed by atoms with E-state index < -0.39 is 36.8 Å². The number of rotatable bonds is 7. The number of ether oxygens (including phenoxy) is 2. The number of nitriles is 1. The number of benzene rings is 2. The van der Waals surface area contributed by atoms with Gasteiger partial charge in [0, 0.05) is 23.9 Å². The molecule has 4 rings (SSSR count). The summed E-state index contributed by atoms with van der Waals surface area (Å²) in [5, 5.41) is 48.6. The minimum absolute atomic E-state index is 0.0315. The average molecular weight is 477 g/mol. The molecule has 2 heterocycles. The summed E-state index contributed by atoms with van der Waals surface area (Å²) in [6.45, 7) is -0.458. The van der Waals surface area contributed by atoms with E-state index in [1.54, 1.807) is 48.5 Å². The largest absolute Gasteiger partial charge is 0.465 e. The van der Waals surface area contributed by atoms with Gasteiger partial charge in [0.1, 0.15) is 35.2 Å². The molecule has 1 aliphatic rings. The van der Waals surface area contributed by atoms with E-state index in [0.29, 0.717) is 22.6 Å². The van der Waals surface area contributed by atoms with Crippen molar-refractivity contribution in [2.45, 2.75) is 31.0 Å². The summed E-state index contributed by atoms with van der Waals surface area (Å²) in [6, 6.07) is 15.2. The van der Waals surface area contributed by atoms with Gasteiger partial charge in [-0.25, -0.2) is 4.98 Å². The highest BCUT2D eigenvalue weighted by molar-refractivity contribution is 5.85. The maximum atomic E-state index is 12.6. The number of aromatic amines is 1. The number of aliphatic hydroxyl groups is 3. The molecule has 2 aromatic carbocycles. The van der Waals surface area contributed by atoms with Crippen molar-refractivity contribution < 1.29 is 24.8 Å². The fraction of sp³-hybridized carbons (Fsp3) is 0.250. The van der Waals surface area contributed by atoms with Crippen molar-refractivity contribution in [1.82, 2.24) is 9.97 Å². The summed E-state index contributed by atoms with van der Waals surface area (Å²) in [4.78, 5) is 19.7. The first-order valence-corrected chi connectivity index (χ1v) is 10.7. The van der Waals surface area contributed by atoms with Crippen molar-refractivity contribution in [1.29, 1.82) is 10.7 Å². The molecule has 0 radical (unpaired) electrons. The molecule has 1 aromatic heterocycles. The highest BCUT2D eigenvalue weighted by Gasteiger charge is 2.37. The number of hydrogen-bond acceptors (Lipinski definition) is 10. The van der Waals surface area contributed by atoms with Gasteiger partial charge in [0.15, 0.2) is 0 Å². The van der Waals surface area contributed by atoms with E-state index in [1.165, 1.54) is 0 Å². The van der Waals surface area contributed by atoms with E-state index in [-0.39, 0.29) is 23.6 Å². The van der Waals surface area contributed by atoms with Crippen LogP contribution in [0.5, 0.6) is 5.75 Å². The maximum absolute atomic E-state index is 12.6. The molecule has 4 unspecified atom stereocenters. The van der Waals surface area contributed by atoms with Crippen LogP contribution in [0, 0.1) is 16.7 Å². The normalized spacial score (nSPS) is 21.7.